The normalized spacial score (nSPS) is 11.3. The number of hydrogen-bond acceptors (Lipinski definition) is 3. The minimum absolute atomic E-state index is 0.127. The first-order valence-electron chi connectivity index (χ1n) is 8.82. The van der Waals surface area contributed by atoms with Crippen LogP contribution < -0.4 is 0 Å². The number of pyridine rings is 1. The van der Waals surface area contributed by atoms with Gasteiger partial charge in [0.1, 0.15) is 0 Å². The smallest absolute Gasteiger partial charge is 0.161 e. The number of likely N-dealkylation sites (N-methyl/N-ethyl adjacent to an activating group) is 1. The van der Waals surface area contributed by atoms with Gasteiger partial charge in [-0.25, -0.2) is 0 Å². The topological polar surface area (TPSA) is 38.1 Å². The molecule has 0 bridgehead atoms. The standard InChI is InChI=1S/C21H25N3O/c1-17(25)20-16-24(21-10-4-3-9-19(20)21)14-7-13-23(2)15-11-18-8-5-6-12-22-18/h3-6,8-10,12,16H,7,11,13-15H2,1-2H3. The van der Waals surface area contributed by atoms with Gasteiger partial charge in [-0.15, -0.1) is 0 Å². The van der Waals surface area contributed by atoms with Crippen LogP contribution in [0.4, 0.5) is 0 Å². The van der Waals surface area contributed by atoms with Crippen LogP contribution in [0.3, 0.4) is 0 Å². The first kappa shape index (κ1) is 17.4. The molecular weight excluding hydrogens is 310 g/mol. The molecule has 3 aromatic rings. The zero-order valence-electron chi connectivity index (χ0n) is 15.0. The van der Waals surface area contributed by atoms with Gasteiger partial charge in [0, 0.05) is 54.1 Å². The van der Waals surface area contributed by atoms with E-state index in [9.17, 15) is 4.79 Å². The van der Waals surface area contributed by atoms with Gasteiger partial charge in [0.25, 0.3) is 0 Å². The van der Waals surface area contributed by atoms with E-state index in [1.165, 1.54) is 0 Å². The molecule has 0 fully saturated rings. The van der Waals surface area contributed by atoms with Crippen molar-refractivity contribution in [1.82, 2.24) is 14.5 Å². The maximum Gasteiger partial charge on any atom is 0.161 e. The number of carbonyl (C=O) groups is 1. The molecule has 0 saturated carbocycles. The molecule has 0 radical (unpaired) electrons. The molecule has 0 amide bonds. The maximum absolute atomic E-state index is 11.8. The molecular formula is C21H25N3O. The van der Waals surface area contributed by atoms with Crippen LogP contribution in [0.15, 0.2) is 54.9 Å². The summed E-state index contributed by atoms with van der Waals surface area (Å²) in [6, 6.07) is 14.2. The fourth-order valence-corrected chi connectivity index (χ4v) is 3.19. The Morgan fingerprint density at radius 1 is 1.12 bits per heavy atom. The van der Waals surface area contributed by atoms with Gasteiger partial charge in [0.05, 0.1) is 0 Å². The number of fused-ring (bicyclic) bond motifs is 1. The van der Waals surface area contributed by atoms with Crippen LogP contribution in [0.1, 0.15) is 29.4 Å². The van der Waals surface area contributed by atoms with Gasteiger partial charge in [-0.3, -0.25) is 9.78 Å². The SMILES string of the molecule is CC(=O)c1cn(CCCN(C)CCc2ccccn2)c2ccccc12. The molecule has 0 spiro atoms. The van der Waals surface area contributed by atoms with Gasteiger partial charge in [-0.05, 0) is 45.1 Å². The van der Waals surface area contributed by atoms with E-state index in [0.29, 0.717) is 0 Å². The molecule has 0 N–H and O–H groups in total. The van der Waals surface area contributed by atoms with Crippen molar-refractivity contribution in [2.75, 3.05) is 20.1 Å². The van der Waals surface area contributed by atoms with E-state index in [4.69, 9.17) is 0 Å². The molecule has 3 rings (SSSR count). The molecule has 0 aliphatic carbocycles. The highest BCUT2D eigenvalue weighted by molar-refractivity contribution is 6.06. The first-order chi connectivity index (χ1) is 12.1. The van der Waals surface area contributed by atoms with E-state index in [1.54, 1.807) is 6.92 Å². The molecule has 0 aliphatic heterocycles. The Hall–Kier alpha value is -2.46. The summed E-state index contributed by atoms with van der Waals surface area (Å²) in [5.41, 5.74) is 3.10. The number of ketones is 1. The van der Waals surface area contributed by atoms with E-state index in [2.05, 4.69) is 33.6 Å². The number of Topliss-reactive ketones (excluding diaryl/α,β-unsaturated/α-hetero) is 1. The van der Waals surface area contributed by atoms with Gasteiger partial charge in [-0.2, -0.15) is 0 Å². The van der Waals surface area contributed by atoms with Crippen molar-refractivity contribution in [3.63, 3.8) is 0 Å². The second-order valence-electron chi connectivity index (χ2n) is 6.54. The van der Waals surface area contributed by atoms with Gasteiger partial charge in [-0.1, -0.05) is 24.3 Å². The first-order valence-corrected chi connectivity index (χ1v) is 8.82. The van der Waals surface area contributed by atoms with Crippen molar-refractivity contribution in [3.05, 3.63) is 66.1 Å². The summed E-state index contributed by atoms with van der Waals surface area (Å²) in [4.78, 5) is 18.6. The monoisotopic (exact) mass is 335 g/mol. The predicted molar refractivity (Wildman–Crippen MR) is 102 cm³/mol. The Morgan fingerprint density at radius 2 is 1.92 bits per heavy atom. The summed E-state index contributed by atoms with van der Waals surface area (Å²) in [5, 5.41) is 1.05. The third-order valence-electron chi connectivity index (χ3n) is 4.58. The van der Waals surface area contributed by atoms with Crippen LogP contribution >= 0.6 is 0 Å². The highest BCUT2D eigenvalue weighted by atomic mass is 16.1. The molecule has 2 aromatic heterocycles. The third-order valence-corrected chi connectivity index (χ3v) is 4.58. The number of carbonyl (C=O) groups excluding carboxylic acids is 1. The quantitative estimate of drug-likeness (QED) is 0.588. The Kier molecular flexibility index (Phi) is 5.61. The highest BCUT2D eigenvalue weighted by Gasteiger charge is 2.11. The van der Waals surface area contributed by atoms with Crippen LogP contribution in [0.25, 0.3) is 10.9 Å². The summed E-state index contributed by atoms with van der Waals surface area (Å²) >= 11 is 0. The van der Waals surface area contributed by atoms with E-state index < -0.39 is 0 Å². The van der Waals surface area contributed by atoms with Crippen LogP contribution in [-0.2, 0) is 13.0 Å². The van der Waals surface area contributed by atoms with Crippen LogP contribution in [0, 0.1) is 0 Å². The lowest BCUT2D eigenvalue weighted by Crippen LogP contribution is -2.23. The maximum atomic E-state index is 11.8. The molecule has 0 aliphatic rings. The fraction of sp³-hybridized carbons (Fsp3) is 0.333. The molecule has 0 unspecified atom stereocenters. The largest absolute Gasteiger partial charge is 0.347 e. The van der Waals surface area contributed by atoms with E-state index in [-0.39, 0.29) is 5.78 Å². The second-order valence-corrected chi connectivity index (χ2v) is 6.54. The molecule has 130 valence electrons. The summed E-state index contributed by atoms with van der Waals surface area (Å²) < 4.78 is 2.21. The van der Waals surface area contributed by atoms with Gasteiger partial charge < -0.3 is 9.47 Å². The molecule has 4 nitrogen and oxygen atoms in total. The predicted octanol–water partition coefficient (Wildman–Crippen LogP) is 3.80. The van der Waals surface area contributed by atoms with Gasteiger partial charge in [0.15, 0.2) is 5.78 Å². The van der Waals surface area contributed by atoms with E-state index in [1.807, 2.05) is 42.7 Å². The number of aryl methyl sites for hydroxylation is 1. The molecule has 2 heterocycles. The van der Waals surface area contributed by atoms with Gasteiger partial charge >= 0.3 is 0 Å². The average molecular weight is 335 g/mol. The lowest BCUT2D eigenvalue weighted by molar-refractivity contribution is 0.101. The zero-order chi connectivity index (χ0) is 17.6. The van der Waals surface area contributed by atoms with E-state index in [0.717, 1.165) is 54.6 Å². The third kappa shape index (κ3) is 4.34. The Labute approximate surface area is 149 Å². The van der Waals surface area contributed by atoms with Crippen molar-refractivity contribution in [1.29, 1.82) is 0 Å². The average Bonchev–Trinajstić information content (AvgIpc) is 3.00. The number of aromatic nitrogens is 2. The molecule has 25 heavy (non-hydrogen) atoms. The summed E-state index contributed by atoms with van der Waals surface area (Å²) in [7, 11) is 2.15. The van der Waals surface area contributed by atoms with E-state index >= 15 is 0 Å². The number of hydrogen-bond donors (Lipinski definition) is 0. The lowest BCUT2D eigenvalue weighted by Gasteiger charge is -2.16. The van der Waals surface area contributed by atoms with Crippen molar-refractivity contribution >= 4 is 16.7 Å². The van der Waals surface area contributed by atoms with Crippen molar-refractivity contribution in [2.45, 2.75) is 26.3 Å². The van der Waals surface area contributed by atoms with Crippen LogP contribution in [-0.4, -0.2) is 40.4 Å². The van der Waals surface area contributed by atoms with Gasteiger partial charge in [0.2, 0.25) is 0 Å². The minimum Gasteiger partial charge on any atom is -0.347 e. The van der Waals surface area contributed by atoms with Crippen molar-refractivity contribution in [2.24, 2.45) is 0 Å². The molecule has 4 heteroatoms. The number of para-hydroxylation sites is 1. The molecule has 0 atom stereocenters. The zero-order valence-corrected chi connectivity index (χ0v) is 15.0. The Balaban J connectivity index is 1.55. The Morgan fingerprint density at radius 3 is 2.68 bits per heavy atom. The summed E-state index contributed by atoms with van der Waals surface area (Å²) in [5.74, 6) is 0.127. The second kappa shape index (κ2) is 8.08. The van der Waals surface area contributed by atoms with Crippen molar-refractivity contribution in [3.8, 4) is 0 Å². The lowest BCUT2D eigenvalue weighted by atomic mass is 10.1. The van der Waals surface area contributed by atoms with Crippen LogP contribution in [0.2, 0.25) is 0 Å². The Bertz CT molecular complexity index is 839. The van der Waals surface area contributed by atoms with Crippen molar-refractivity contribution < 1.29 is 4.79 Å². The summed E-state index contributed by atoms with van der Waals surface area (Å²) in [6.07, 6.45) is 5.87. The number of nitrogens with zero attached hydrogens (tertiary/aromatic N) is 3. The number of benzene rings is 1. The summed E-state index contributed by atoms with van der Waals surface area (Å²) in [6.45, 7) is 4.58. The highest BCUT2D eigenvalue weighted by Crippen LogP contribution is 2.22. The minimum atomic E-state index is 0.127. The number of rotatable bonds is 8. The van der Waals surface area contributed by atoms with Crippen LogP contribution in [0.5, 0.6) is 0 Å². The molecule has 0 saturated heterocycles. The fourth-order valence-electron chi connectivity index (χ4n) is 3.19. The molecule has 1 aromatic carbocycles.